The van der Waals surface area contributed by atoms with E-state index in [0.29, 0.717) is 11.9 Å². The molecule has 4 nitrogen and oxygen atoms in total. The summed E-state index contributed by atoms with van der Waals surface area (Å²) in [4.78, 5) is 3.66. The number of hydrogen-bond acceptors (Lipinski definition) is 3. The maximum atomic E-state index is 12.7. The Bertz CT molecular complexity index is 647. The van der Waals surface area contributed by atoms with Gasteiger partial charge in [-0.05, 0) is 30.4 Å². The van der Waals surface area contributed by atoms with Crippen molar-refractivity contribution < 1.29 is 17.9 Å². The second-order valence-electron chi connectivity index (χ2n) is 3.97. The Morgan fingerprint density at radius 3 is 2.48 bits per heavy atom. The average Bonchev–Trinajstić information content (AvgIpc) is 2.40. The molecule has 0 amide bonds. The highest BCUT2D eigenvalue weighted by atomic mass is 32.1. The summed E-state index contributed by atoms with van der Waals surface area (Å²) in [6.45, 7) is 0. The van der Waals surface area contributed by atoms with E-state index in [2.05, 4.69) is 22.5 Å². The first kappa shape index (κ1) is 15.0. The molecule has 0 spiro atoms. The van der Waals surface area contributed by atoms with Gasteiger partial charge in [0.2, 0.25) is 0 Å². The van der Waals surface area contributed by atoms with E-state index in [1.165, 1.54) is 0 Å². The van der Waals surface area contributed by atoms with Crippen LogP contribution in [-0.2, 0) is 6.18 Å². The predicted octanol–water partition coefficient (Wildman–Crippen LogP) is 3.55. The van der Waals surface area contributed by atoms with Crippen molar-refractivity contribution in [3.63, 3.8) is 0 Å². The second-order valence-corrected chi connectivity index (χ2v) is 4.41. The monoisotopic (exact) mass is 313 g/mol. The SMILES string of the molecule is NC(=S)Nc1ncc(C(F)(F)F)cc1Oc1ccccc1. The molecule has 110 valence electrons. The lowest BCUT2D eigenvalue weighted by Crippen LogP contribution is -2.20. The number of thiocarbonyl (C=S) groups is 1. The van der Waals surface area contributed by atoms with E-state index < -0.39 is 11.7 Å². The third kappa shape index (κ3) is 4.06. The minimum absolute atomic E-state index is 0.0133. The molecule has 0 unspecified atom stereocenters. The van der Waals surface area contributed by atoms with Gasteiger partial charge in [-0.3, -0.25) is 0 Å². The zero-order valence-corrected chi connectivity index (χ0v) is 11.3. The number of benzene rings is 1. The van der Waals surface area contributed by atoms with Crippen molar-refractivity contribution in [2.45, 2.75) is 6.18 Å². The molecule has 1 heterocycles. The summed E-state index contributed by atoms with van der Waals surface area (Å²) in [7, 11) is 0. The van der Waals surface area contributed by atoms with Gasteiger partial charge in [0, 0.05) is 6.20 Å². The Hall–Kier alpha value is -2.35. The molecule has 1 aromatic carbocycles. The van der Waals surface area contributed by atoms with Crippen LogP contribution in [0.2, 0.25) is 0 Å². The van der Waals surface area contributed by atoms with E-state index >= 15 is 0 Å². The molecule has 3 N–H and O–H groups in total. The van der Waals surface area contributed by atoms with Crippen LogP contribution < -0.4 is 15.8 Å². The van der Waals surface area contributed by atoms with E-state index in [-0.39, 0.29) is 16.7 Å². The van der Waals surface area contributed by atoms with Crippen molar-refractivity contribution in [2.24, 2.45) is 5.73 Å². The number of nitrogens with two attached hydrogens (primary N) is 1. The average molecular weight is 313 g/mol. The van der Waals surface area contributed by atoms with Gasteiger partial charge in [0.05, 0.1) is 5.56 Å². The summed E-state index contributed by atoms with van der Waals surface area (Å²) < 4.78 is 43.6. The molecule has 0 saturated heterocycles. The zero-order chi connectivity index (χ0) is 15.5. The normalized spacial score (nSPS) is 11.0. The summed E-state index contributed by atoms with van der Waals surface area (Å²) in [6.07, 6.45) is -3.85. The molecule has 0 aliphatic heterocycles. The molecule has 1 aromatic heterocycles. The Morgan fingerprint density at radius 1 is 1.24 bits per heavy atom. The first-order valence-electron chi connectivity index (χ1n) is 5.73. The number of anilines is 1. The highest BCUT2D eigenvalue weighted by Crippen LogP contribution is 2.35. The van der Waals surface area contributed by atoms with Crippen LogP contribution in [0.15, 0.2) is 42.6 Å². The molecule has 2 aromatic rings. The molecular weight excluding hydrogens is 303 g/mol. The van der Waals surface area contributed by atoms with Crippen molar-refractivity contribution in [3.05, 3.63) is 48.2 Å². The minimum Gasteiger partial charge on any atom is -0.453 e. The number of para-hydroxylation sites is 1. The van der Waals surface area contributed by atoms with Crippen LogP contribution in [0.3, 0.4) is 0 Å². The van der Waals surface area contributed by atoms with Gasteiger partial charge in [-0.25, -0.2) is 4.98 Å². The van der Waals surface area contributed by atoms with E-state index in [1.54, 1.807) is 30.3 Å². The fourth-order valence-electron chi connectivity index (χ4n) is 1.50. The van der Waals surface area contributed by atoms with Gasteiger partial charge in [0.1, 0.15) is 5.75 Å². The lowest BCUT2D eigenvalue weighted by molar-refractivity contribution is -0.137. The minimum atomic E-state index is -4.52. The van der Waals surface area contributed by atoms with Gasteiger partial charge in [0.15, 0.2) is 16.7 Å². The van der Waals surface area contributed by atoms with Crippen molar-refractivity contribution in [1.82, 2.24) is 4.98 Å². The third-order valence-electron chi connectivity index (χ3n) is 2.39. The number of alkyl halides is 3. The molecule has 0 fully saturated rings. The maximum Gasteiger partial charge on any atom is 0.418 e. The number of halogens is 3. The summed E-state index contributed by atoms with van der Waals surface area (Å²) in [5, 5.41) is 2.35. The molecule has 0 aliphatic carbocycles. The van der Waals surface area contributed by atoms with Crippen LogP contribution >= 0.6 is 12.2 Å². The molecule has 0 atom stereocenters. The van der Waals surface area contributed by atoms with Gasteiger partial charge in [-0.2, -0.15) is 13.2 Å². The molecular formula is C13H10F3N3OS. The lowest BCUT2D eigenvalue weighted by Gasteiger charge is -2.14. The van der Waals surface area contributed by atoms with Crippen LogP contribution in [0.4, 0.5) is 19.0 Å². The zero-order valence-electron chi connectivity index (χ0n) is 10.5. The van der Waals surface area contributed by atoms with E-state index in [0.717, 1.165) is 6.07 Å². The molecule has 8 heteroatoms. The van der Waals surface area contributed by atoms with Crippen LogP contribution in [0.1, 0.15) is 5.56 Å². The maximum absolute atomic E-state index is 12.7. The molecule has 0 bridgehead atoms. The number of ether oxygens (including phenoxy) is 1. The van der Waals surface area contributed by atoms with Gasteiger partial charge in [-0.1, -0.05) is 18.2 Å². The fourth-order valence-corrected chi connectivity index (χ4v) is 1.60. The lowest BCUT2D eigenvalue weighted by atomic mass is 10.2. The van der Waals surface area contributed by atoms with E-state index in [4.69, 9.17) is 10.5 Å². The van der Waals surface area contributed by atoms with Crippen molar-refractivity contribution >= 4 is 23.1 Å². The standard InChI is InChI=1S/C13H10F3N3OS/c14-13(15,16)8-6-10(11(18-7-8)19-12(17)21)20-9-4-2-1-3-5-9/h1-7H,(H3,17,18,19,21). The topological polar surface area (TPSA) is 60.2 Å². The van der Waals surface area contributed by atoms with Crippen molar-refractivity contribution in [2.75, 3.05) is 5.32 Å². The second kappa shape index (κ2) is 5.96. The molecule has 2 rings (SSSR count). The molecule has 0 aliphatic rings. The first-order valence-corrected chi connectivity index (χ1v) is 6.13. The number of nitrogens with zero attached hydrogens (tertiary/aromatic N) is 1. The Balaban J connectivity index is 2.40. The molecule has 0 radical (unpaired) electrons. The third-order valence-corrected chi connectivity index (χ3v) is 2.49. The fraction of sp³-hybridized carbons (Fsp3) is 0.0769. The van der Waals surface area contributed by atoms with Gasteiger partial charge >= 0.3 is 6.18 Å². The number of pyridine rings is 1. The van der Waals surface area contributed by atoms with Crippen LogP contribution in [0.25, 0.3) is 0 Å². The Kier molecular flexibility index (Phi) is 4.27. The van der Waals surface area contributed by atoms with Crippen LogP contribution in [-0.4, -0.2) is 10.1 Å². The number of aromatic nitrogens is 1. The molecule has 21 heavy (non-hydrogen) atoms. The smallest absolute Gasteiger partial charge is 0.418 e. The summed E-state index contributed by atoms with van der Waals surface area (Å²) in [5.74, 6) is 0.257. The highest BCUT2D eigenvalue weighted by molar-refractivity contribution is 7.80. The van der Waals surface area contributed by atoms with Crippen molar-refractivity contribution in [3.8, 4) is 11.5 Å². The summed E-state index contributed by atoms with van der Waals surface area (Å²) >= 11 is 4.66. The highest BCUT2D eigenvalue weighted by Gasteiger charge is 2.32. The largest absolute Gasteiger partial charge is 0.453 e. The van der Waals surface area contributed by atoms with Crippen molar-refractivity contribution in [1.29, 1.82) is 0 Å². The Morgan fingerprint density at radius 2 is 1.90 bits per heavy atom. The van der Waals surface area contributed by atoms with Crippen LogP contribution in [0, 0.1) is 0 Å². The van der Waals surface area contributed by atoms with Gasteiger partial charge in [0.25, 0.3) is 0 Å². The predicted molar refractivity (Wildman–Crippen MR) is 76.2 cm³/mol. The molecule has 0 saturated carbocycles. The quantitative estimate of drug-likeness (QED) is 0.849. The number of hydrogen-bond donors (Lipinski definition) is 2. The first-order chi connectivity index (χ1) is 9.86. The Labute approximate surface area is 123 Å². The van der Waals surface area contributed by atoms with E-state index in [9.17, 15) is 13.2 Å². The number of nitrogens with one attached hydrogen (secondary N) is 1. The van der Waals surface area contributed by atoms with E-state index in [1.807, 2.05) is 0 Å². The summed E-state index contributed by atoms with van der Waals surface area (Å²) in [6, 6.07) is 9.18. The van der Waals surface area contributed by atoms with Crippen LogP contribution in [0.5, 0.6) is 11.5 Å². The van der Waals surface area contributed by atoms with Gasteiger partial charge < -0.3 is 15.8 Å². The van der Waals surface area contributed by atoms with Gasteiger partial charge in [-0.15, -0.1) is 0 Å². The number of rotatable bonds is 3. The summed E-state index contributed by atoms with van der Waals surface area (Å²) in [5.41, 5.74) is 4.38.